The average molecular weight is 257 g/mol. The van der Waals surface area contributed by atoms with Crippen LogP contribution in [0.4, 0.5) is 0 Å². The fraction of sp³-hybridized carbons (Fsp3) is 0.444. The Morgan fingerprint density at radius 3 is 3.07 bits per heavy atom. The summed E-state index contributed by atoms with van der Waals surface area (Å²) in [5.74, 6) is -0.0580. The summed E-state index contributed by atoms with van der Waals surface area (Å²) < 4.78 is 5.89. The predicted octanol–water partition coefficient (Wildman–Crippen LogP) is 1.31. The lowest BCUT2D eigenvalue weighted by Gasteiger charge is -2.19. The van der Waals surface area contributed by atoms with Crippen LogP contribution in [0.2, 0.25) is 0 Å². The van der Waals surface area contributed by atoms with Gasteiger partial charge in [-0.05, 0) is 15.9 Å². The second-order valence-corrected chi connectivity index (χ2v) is 3.92. The smallest absolute Gasteiger partial charge is 0.146 e. The van der Waals surface area contributed by atoms with Gasteiger partial charge in [0, 0.05) is 12.6 Å². The van der Waals surface area contributed by atoms with Gasteiger partial charge in [0.15, 0.2) is 0 Å². The first-order valence-corrected chi connectivity index (χ1v) is 5.14. The van der Waals surface area contributed by atoms with E-state index in [4.69, 9.17) is 4.74 Å². The van der Waals surface area contributed by atoms with Crippen molar-refractivity contribution in [3.05, 3.63) is 22.7 Å². The molecule has 1 fully saturated rings. The zero-order chi connectivity index (χ0) is 9.97. The van der Waals surface area contributed by atoms with Crippen LogP contribution in [-0.4, -0.2) is 29.0 Å². The predicted molar refractivity (Wildman–Crippen MR) is 52.9 cm³/mol. The zero-order valence-corrected chi connectivity index (χ0v) is 9.03. The summed E-state index contributed by atoms with van der Waals surface area (Å²) in [4.78, 5) is 19.7. The summed E-state index contributed by atoms with van der Waals surface area (Å²) in [6, 6.07) is 0. The van der Waals surface area contributed by atoms with Crippen molar-refractivity contribution >= 4 is 21.7 Å². The van der Waals surface area contributed by atoms with Gasteiger partial charge in [0.1, 0.15) is 10.4 Å². The van der Waals surface area contributed by atoms with Crippen LogP contribution in [0.3, 0.4) is 0 Å². The molecule has 1 saturated heterocycles. The second-order valence-electron chi connectivity index (χ2n) is 3.11. The Bertz CT molecular complexity index is 356. The summed E-state index contributed by atoms with van der Waals surface area (Å²) in [5, 5.41) is 0. The van der Waals surface area contributed by atoms with Crippen molar-refractivity contribution in [2.45, 2.75) is 12.3 Å². The molecule has 0 bridgehead atoms. The molecule has 2 heterocycles. The Morgan fingerprint density at radius 2 is 2.36 bits per heavy atom. The highest BCUT2D eigenvalue weighted by molar-refractivity contribution is 9.10. The first kappa shape index (κ1) is 9.73. The molecule has 1 aromatic heterocycles. The second kappa shape index (κ2) is 4.14. The number of carbonyl (C=O) groups is 1. The molecule has 1 aliphatic rings. The Balaban J connectivity index is 2.24. The minimum absolute atomic E-state index is 0.184. The van der Waals surface area contributed by atoms with E-state index < -0.39 is 0 Å². The molecule has 0 spiro atoms. The van der Waals surface area contributed by atoms with Crippen molar-refractivity contribution in [3.8, 4) is 0 Å². The van der Waals surface area contributed by atoms with Gasteiger partial charge in [-0.2, -0.15) is 0 Å². The lowest BCUT2D eigenvalue weighted by atomic mass is 9.97. The molecule has 1 aliphatic heterocycles. The van der Waals surface area contributed by atoms with Crippen LogP contribution in [0.1, 0.15) is 18.0 Å². The monoisotopic (exact) mass is 256 g/mol. The van der Waals surface area contributed by atoms with Crippen molar-refractivity contribution in [1.29, 1.82) is 0 Å². The Labute approximate surface area is 89.8 Å². The van der Waals surface area contributed by atoms with Crippen LogP contribution in [0.5, 0.6) is 0 Å². The molecular weight excluding hydrogens is 248 g/mol. The van der Waals surface area contributed by atoms with E-state index in [1.165, 1.54) is 0 Å². The lowest BCUT2D eigenvalue weighted by molar-refractivity contribution is -0.126. The molecule has 74 valence electrons. The van der Waals surface area contributed by atoms with E-state index in [9.17, 15) is 4.79 Å². The number of hydrogen-bond donors (Lipinski definition) is 0. The molecule has 0 N–H and O–H groups in total. The quantitative estimate of drug-likeness (QED) is 0.761. The number of Topliss-reactive ketones (excluding diaryl/α,β-unsaturated/α-hetero) is 1. The third kappa shape index (κ3) is 1.99. The summed E-state index contributed by atoms with van der Waals surface area (Å²) in [6.45, 7) is 0.945. The summed E-state index contributed by atoms with van der Waals surface area (Å²) in [6.07, 6.45) is 3.68. The molecule has 0 saturated carbocycles. The van der Waals surface area contributed by atoms with Gasteiger partial charge >= 0.3 is 0 Å². The van der Waals surface area contributed by atoms with Crippen LogP contribution in [0, 0.1) is 0 Å². The maximum absolute atomic E-state index is 11.5. The van der Waals surface area contributed by atoms with Crippen LogP contribution < -0.4 is 0 Å². The van der Waals surface area contributed by atoms with Gasteiger partial charge in [0.2, 0.25) is 0 Å². The summed E-state index contributed by atoms with van der Waals surface area (Å²) in [7, 11) is 0. The van der Waals surface area contributed by atoms with Crippen LogP contribution in [-0.2, 0) is 9.53 Å². The van der Waals surface area contributed by atoms with Gasteiger partial charge in [-0.25, -0.2) is 4.98 Å². The Kier molecular flexibility index (Phi) is 2.88. The van der Waals surface area contributed by atoms with E-state index in [2.05, 4.69) is 25.9 Å². The van der Waals surface area contributed by atoms with Crippen LogP contribution in [0.25, 0.3) is 0 Å². The van der Waals surface area contributed by atoms with Crippen molar-refractivity contribution in [1.82, 2.24) is 9.97 Å². The van der Waals surface area contributed by atoms with Crippen molar-refractivity contribution < 1.29 is 9.53 Å². The highest BCUT2D eigenvalue weighted by atomic mass is 79.9. The summed E-state index contributed by atoms with van der Waals surface area (Å²) >= 11 is 3.22. The zero-order valence-electron chi connectivity index (χ0n) is 7.44. The highest BCUT2D eigenvalue weighted by Crippen LogP contribution is 2.21. The number of rotatable bonds is 1. The van der Waals surface area contributed by atoms with Gasteiger partial charge in [-0.1, -0.05) is 0 Å². The van der Waals surface area contributed by atoms with E-state index >= 15 is 0 Å². The fourth-order valence-corrected chi connectivity index (χ4v) is 1.74. The van der Waals surface area contributed by atoms with E-state index in [0.29, 0.717) is 29.9 Å². The maximum atomic E-state index is 11.5. The van der Waals surface area contributed by atoms with Gasteiger partial charge in [0.05, 0.1) is 31.0 Å². The number of nitrogens with zero attached hydrogens (tertiary/aromatic N) is 2. The topological polar surface area (TPSA) is 52.1 Å². The molecule has 0 amide bonds. The third-order valence-corrected chi connectivity index (χ3v) is 2.53. The highest BCUT2D eigenvalue weighted by Gasteiger charge is 2.25. The molecule has 0 aromatic carbocycles. The average Bonchev–Trinajstić information content (AvgIpc) is 2.18. The number of halogens is 1. The van der Waals surface area contributed by atoms with Gasteiger partial charge in [-0.3, -0.25) is 9.78 Å². The lowest BCUT2D eigenvalue weighted by Crippen LogP contribution is -2.26. The van der Waals surface area contributed by atoms with Gasteiger partial charge < -0.3 is 4.74 Å². The fourth-order valence-electron chi connectivity index (χ4n) is 1.42. The normalized spacial score (nSPS) is 22.4. The van der Waals surface area contributed by atoms with Crippen LogP contribution >= 0.6 is 15.9 Å². The SMILES string of the molecule is O=C1CCOCC1c1cncc(Br)n1. The van der Waals surface area contributed by atoms with Crippen molar-refractivity contribution in [3.63, 3.8) is 0 Å². The molecule has 2 rings (SSSR count). The molecule has 1 aromatic rings. The molecule has 0 aliphatic carbocycles. The number of aromatic nitrogens is 2. The number of ketones is 1. The largest absolute Gasteiger partial charge is 0.380 e. The molecule has 1 atom stereocenters. The van der Waals surface area contributed by atoms with E-state index in [1.807, 2.05) is 0 Å². The minimum Gasteiger partial charge on any atom is -0.380 e. The van der Waals surface area contributed by atoms with Gasteiger partial charge in [0.25, 0.3) is 0 Å². The maximum Gasteiger partial charge on any atom is 0.146 e. The standard InChI is InChI=1S/C9H9BrN2O2/c10-9-4-11-3-7(12-9)6-5-14-2-1-8(6)13/h3-4,6H,1-2,5H2. The molecule has 0 radical (unpaired) electrons. The first-order valence-electron chi connectivity index (χ1n) is 4.35. The Hall–Kier alpha value is -0.810. The molecule has 4 nitrogen and oxygen atoms in total. The number of hydrogen-bond acceptors (Lipinski definition) is 4. The van der Waals surface area contributed by atoms with Crippen molar-refractivity contribution in [2.24, 2.45) is 0 Å². The first-order chi connectivity index (χ1) is 6.77. The third-order valence-electron chi connectivity index (χ3n) is 2.15. The Morgan fingerprint density at radius 1 is 1.50 bits per heavy atom. The summed E-state index contributed by atoms with van der Waals surface area (Å²) in [5.41, 5.74) is 0.684. The number of carbonyl (C=O) groups excluding carboxylic acids is 1. The van der Waals surface area contributed by atoms with E-state index in [-0.39, 0.29) is 11.7 Å². The number of ether oxygens (including phenoxy) is 1. The molecular formula is C9H9BrN2O2. The van der Waals surface area contributed by atoms with E-state index in [1.54, 1.807) is 12.4 Å². The van der Waals surface area contributed by atoms with Crippen molar-refractivity contribution in [2.75, 3.05) is 13.2 Å². The van der Waals surface area contributed by atoms with E-state index in [0.717, 1.165) is 0 Å². The molecule has 5 heteroatoms. The van der Waals surface area contributed by atoms with Crippen LogP contribution in [0.15, 0.2) is 17.0 Å². The molecule has 14 heavy (non-hydrogen) atoms. The minimum atomic E-state index is -0.242. The van der Waals surface area contributed by atoms with Gasteiger partial charge in [-0.15, -0.1) is 0 Å². The molecule has 1 unspecified atom stereocenters.